The molecule has 2 saturated heterocycles. The molecule has 0 aliphatic carbocycles. The lowest BCUT2D eigenvalue weighted by molar-refractivity contribution is 0.0830. The number of piperidine rings is 1. The first-order valence-electron chi connectivity index (χ1n) is 10.8. The lowest BCUT2D eigenvalue weighted by Crippen LogP contribution is -2.48. The summed E-state index contributed by atoms with van der Waals surface area (Å²) in [7, 11) is 2.03. The van der Waals surface area contributed by atoms with Crippen molar-refractivity contribution in [1.29, 1.82) is 0 Å². The fourth-order valence-corrected chi connectivity index (χ4v) is 5.31. The maximum absolute atomic E-state index is 6.50. The second-order valence-corrected chi connectivity index (χ2v) is 9.49. The quantitative estimate of drug-likeness (QED) is 0.509. The molecule has 3 heterocycles. The van der Waals surface area contributed by atoms with E-state index in [0.717, 1.165) is 55.3 Å². The SMILES string of the molecule is C=C=C/C=C1/C(N2CCC3(CC2)CO[C@@H](C)[C@H]3C)=NC=C(c2cccc(Cl)c2Cl)N1C. The molecule has 0 saturated carbocycles. The normalized spacial score (nSPS) is 26.7. The van der Waals surface area contributed by atoms with Crippen molar-refractivity contribution in [2.24, 2.45) is 16.3 Å². The van der Waals surface area contributed by atoms with Gasteiger partial charge in [0.1, 0.15) is 0 Å². The summed E-state index contributed by atoms with van der Waals surface area (Å²) in [6.45, 7) is 11.0. The van der Waals surface area contributed by atoms with Gasteiger partial charge < -0.3 is 14.5 Å². The van der Waals surface area contributed by atoms with Crippen LogP contribution in [0.15, 0.2) is 59.6 Å². The van der Waals surface area contributed by atoms with Crippen molar-refractivity contribution in [3.8, 4) is 0 Å². The second-order valence-electron chi connectivity index (χ2n) is 8.70. The van der Waals surface area contributed by atoms with Crippen molar-refractivity contribution in [3.05, 3.63) is 70.2 Å². The van der Waals surface area contributed by atoms with E-state index in [4.69, 9.17) is 32.9 Å². The average molecular weight is 458 g/mol. The highest BCUT2D eigenvalue weighted by Crippen LogP contribution is 2.46. The Morgan fingerprint density at radius 2 is 2.00 bits per heavy atom. The number of amidine groups is 1. The predicted molar refractivity (Wildman–Crippen MR) is 129 cm³/mol. The van der Waals surface area contributed by atoms with E-state index in [2.05, 4.69) is 36.0 Å². The van der Waals surface area contributed by atoms with Crippen LogP contribution in [0.1, 0.15) is 32.3 Å². The molecule has 1 aromatic rings. The highest BCUT2D eigenvalue weighted by molar-refractivity contribution is 6.43. The molecule has 3 aliphatic heterocycles. The molecule has 0 radical (unpaired) electrons. The molecular formula is C25H29Cl2N3O. The maximum Gasteiger partial charge on any atom is 0.152 e. The zero-order valence-corrected chi connectivity index (χ0v) is 19.9. The van der Waals surface area contributed by atoms with Crippen molar-refractivity contribution in [3.63, 3.8) is 0 Å². The number of rotatable bonds is 2. The molecule has 164 valence electrons. The van der Waals surface area contributed by atoms with Crippen LogP contribution in [0.3, 0.4) is 0 Å². The summed E-state index contributed by atoms with van der Waals surface area (Å²) in [5.41, 5.74) is 5.89. The number of halogens is 2. The van der Waals surface area contributed by atoms with Gasteiger partial charge in [0.25, 0.3) is 0 Å². The molecule has 0 unspecified atom stereocenters. The minimum Gasteiger partial charge on any atom is -0.378 e. The number of hydrogen-bond donors (Lipinski definition) is 0. The Kier molecular flexibility index (Phi) is 6.37. The van der Waals surface area contributed by atoms with Gasteiger partial charge in [0.2, 0.25) is 0 Å². The van der Waals surface area contributed by atoms with Gasteiger partial charge in [-0.3, -0.25) is 0 Å². The molecule has 4 rings (SSSR count). The Labute approximate surface area is 195 Å². The van der Waals surface area contributed by atoms with Gasteiger partial charge in [-0.1, -0.05) is 48.8 Å². The number of aliphatic imine (C=N–C) groups is 1. The van der Waals surface area contributed by atoms with E-state index in [1.807, 2.05) is 37.5 Å². The number of ether oxygens (including phenoxy) is 1. The van der Waals surface area contributed by atoms with E-state index in [1.54, 1.807) is 6.07 Å². The molecule has 0 aromatic heterocycles. The second kappa shape index (κ2) is 8.88. The molecule has 0 N–H and O–H groups in total. The van der Waals surface area contributed by atoms with Gasteiger partial charge in [-0.05, 0) is 43.9 Å². The van der Waals surface area contributed by atoms with Crippen LogP contribution in [0, 0.1) is 11.3 Å². The van der Waals surface area contributed by atoms with Crippen LogP contribution in [0.25, 0.3) is 5.70 Å². The van der Waals surface area contributed by atoms with Crippen molar-refractivity contribution >= 4 is 34.7 Å². The Morgan fingerprint density at radius 1 is 1.26 bits per heavy atom. The van der Waals surface area contributed by atoms with Gasteiger partial charge in [0, 0.05) is 31.1 Å². The summed E-state index contributed by atoms with van der Waals surface area (Å²) in [5, 5.41) is 1.06. The van der Waals surface area contributed by atoms with Crippen LogP contribution in [0.4, 0.5) is 0 Å². The highest BCUT2D eigenvalue weighted by atomic mass is 35.5. The van der Waals surface area contributed by atoms with Gasteiger partial charge >= 0.3 is 0 Å². The summed E-state index contributed by atoms with van der Waals surface area (Å²) < 4.78 is 5.99. The predicted octanol–water partition coefficient (Wildman–Crippen LogP) is 6.00. The third kappa shape index (κ3) is 3.99. The van der Waals surface area contributed by atoms with Crippen LogP contribution >= 0.6 is 23.2 Å². The summed E-state index contributed by atoms with van der Waals surface area (Å²) in [4.78, 5) is 9.38. The highest BCUT2D eigenvalue weighted by Gasteiger charge is 2.47. The summed E-state index contributed by atoms with van der Waals surface area (Å²) >= 11 is 12.8. The van der Waals surface area contributed by atoms with Crippen LogP contribution in [0.5, 0.6) is 0 Å². The Bertz CT molecular complexity index is 998. The number of likely N-dealkylation sites (N-methyl/N-ethyl adjacent to an activating group) is 1. The lowest BCUT2D eigenvalue weighted by Gasteiger charge is -2.44. The number of allylic oxidation sites excluding steroid dienone is 2. The molecule has 31 heavy (non-hydrogen) atoms. The number of likely N-dealkylation sites (tertiary alicyclic amines) is 1. The van der Waals surface area contributed by atoms with Crippen molar-refractivity contribution in [2.45, 2.75) is 32.8 Å². The fourth-order valence-electron chi connectivity index (χ4n) is 4.91. The van der Waals surface area contributed by atoms with Gasteiger partial charge in [-0.15, -0.1) is 5.73 Å². The topological polar surface area (TPSA) is 28.1 Å². The molecule has 2 atom stereocenters. The minimum absolute atomic E-state index is 0.289. The first-order chi connectivity index (χ1) is 14.9. The fraction of sp³-hybridized carbons (Fsp3) is 0.440. The average Bonchev–Trinajstić information content (AvgIpc) is 3.04. The molecule has 0 bridgehead atoms. The van der Waals surface area contributed by atoms with Crippen LogP contribution in [0.2, 0.25) is 10.0 Å². The van der Waals surface area contributed by atoms with Gasteiger partial charge in [0.15, 0.2) is 5.84 Å². The van der Waals surface area contributed by atoms with E-state index in [1.165, 1.54) is 0 Å². The molecule has 1 aromatic carbocycles. The van der Waals surface area contributed by atoms with Crippen LogP contribution in [-0.2, 0) is 4.74 Å². The molecule has 2 fully saturated rings. The molecule has 3 aliphatic rings. The monoisotopic (exact) mass is 457 g/mol. The zero-order valence-electron chi connectivity index (χ0n) is 18.4. The van der Waals surface area contributed by atoms with Crippen LogP contribution in [-0.4, -0.2) is 48.5 Å². The summed E-state index contributed by atoms with van der Waals surface area (Å²) in [6, 6.07) is 5.66. The molecule has 0 amide bonds. The summed E-state index contributed by atoms with van der Waals surface area (Å²) in [5.74, 6) is 1.55. The zero-order chi connectivity index (χ0) is 22.2. The van der Waals surface area contributed by atoms with E-state index in [0.29, 0.717) is 22.1 Å². The third-order valence-electron chi connectivity index (χ3n) is 7.21. The van der Waals surface area contributed by atoms with Crippen LogP contribution < -0.4 is 0 Å². The van der Waals surface area contributed by atoms with Crippen molar-refractivity contribution in [1.82, 2.24) is 9.80 Å². The molecule has 1 spiro atoms. The smallest absolute Gasteiger partial charge is 0.152 e. The summed E-state index contributed by atoms with van der Waals surface area (Å²) in [6.07, 6.45) is 8.28. The largest absolute Gasteiger partial charge is 0.378 e. The van der Waals surface area contributed by atoms with Gasteiger partial charge in [-0.2, -0.15) is 0 Å². The van der Waals surface area contributed by atoms with E-state index in [-0.39, 0.29) is 5.41 Å². The van der Waals surface area contributed by atoms with Crippen molar-refractivity contribution < 1.29 is 4.74 Å². The van der Waals surface area contributed by atoms with Gasteiger partial charge in [-0.25, -0.2) is 4.99 Å². The van der Waals surface area contributed by atoms with E-state index < -0.39 is 0 Å². The van der Waals surface area contributed by atoms with Crippen molar-refractivity contribution in [2.75, 3.05) is 26.7 Å². The number of nitrogens with zero attached hydrogens (tertiary/aromatic N) is 3. The Hall–Kier alpha value is -1.97. The molecular weight excluding hydrogens is 429 g/mol. The molecule has 4 nitrogen and oxygen atoms in total. The minimum atomic E-state index is 0.289. The number of hydrogen-bond acceptors (Lipinski definition) is 4. The first-order valence-corrected chi connectivity index (χ1v) is 11.5. The Morgan fingerprint density at radius 3 is 2.65 bits per heavy atom. The van der Waals surface area contributed by atoms with E-state index >= 15 is 0 Å². The molecule has 6 heteroatoms. The maximum atomic E-state index is 6.50. The first kappa shape index (κ1) is 22.2. The lowest BCUT2D eigenvalue weighted by atomic mass is 9.70. The third-order valence-corrected chi connectivity index (χ3v) is 8.03. The standard InChI is InChI=1S/C25H29Cl2N3O/c1-5-6-10-21-24(30-13-11-25(12-14-30)16-31-18(3)17(25)2)28-15-22(29(21)4)19-8-7-9-20(26)23(19)27/h6-10,15,17-18H,1,11-14,16H2,2-4H3/b21-10-/t17-,18+/m1/s1. The number of benzene rings is 1. The Balaban J connectivity index is 1.65. The van der Waals surface area contributed by atoms with E-state index in [9.17, 15) is 0 Å². The van der Waals surface area contributed by atoms with Gasteiger partial charge in [0.05, 0.1) is 40.4 Å².